The number of anilines is 1. The molecule has 0 saturated carbocycles. The summed E-state index contributed by atoms with van der Waals surface area (Å²) < 4.78 is 2.18. The van der Waals surface area contributed by atoms with Gasteiger partial charge in [-0.3, -0.25) is 29.4 Å². The van der Waals surface area contributed by atoms with Gasteiger partial charge in [0.15, 0.2) is 0 Å². The molecular formula is C24H18N4O5. The second kappa shape index (κ2) is 7.56. The summed E-state index contributed by atoms with van der Waals surface area (Å²) in [5, 5.41) is 16.0. The Balaban J connectivity index is 1.41. The molecule has 33 heavy (non-hydrogen) atoms. The number of imide groups is 1. The third-order valence-electron chi connectivity index (χ3n) is 5.85. The maximum absolute atomic E-state index is 12.7. The predicted molar refractivity (Wildman–Crippen MR) is 122 cm³/mol. The standard InChI is InChI=1S/C24H18N4O5/c1-2-26-18-8-4-3-6-15(18)17-12-14(10-11-19(17)26)25-21(29)13-27-23(30)16-7-5-9-20(28(32)33)22(16)24(27)31/h3-12H,2,13H2,1H3,(H,25,29). The SMILES string of the molecule is CCn1c2ccccc2c2cc(NC(=O)CN3C(=O)c4cccc([N+](=O)[O-])c4C3=O)ccc21. The number of benzene rings is 3. The number of nitro groups is 1. The summed E-state index contributed by atoms with van der Waals surface area (Å²) in [6.45, 7) is 2.31. The van der Waals surface area contributed by atoms with E-state index >= 15 is 0 Å². The highest BCUT2D eigenvalue weighted by molar-refractivity contribution is 6.24. The van der Waals surface area contributed by atoms with E-state index in [4.69, 9.17) is 0 Å². The first kappa shape index (κ1) is 20.4. The van der Waals surface area contributed by atoms with Gasteiger partial charge in [0.05, 0.1) is 10.5 Å². The molecule has 164 valence electrons. The molecule has 0 unspecified atom stereocenters. The van der Waals surface area contributed by atoms with Gasteiger partial charge in [-0.25, -0.2) is 0 Å². The van der Waals surface area contributed by atoms with Crippen molar-refractivity contribution < 1.29 is 19.3 Å². The van der Waals surface area contributed by atoms with Crippen molar-refractivity contribution in [2.45, 2.75) is 13.5 Å². The number of nitrogens with zero attached hydrogens (tertiary/aromatic N) is 3. The molecule has 0 atom stereocenters. The monoisotopic (exact) mass is 442 g/mol. The average Bonchev–Trinajstić information content (AvgIpc) is 3.25. The first-order chi connectivity index (χ1) is 15.9. The molecule has 4 aromatic rings. The maximum Gasteiger partial charge on any atom is 0.282 e. The van der Waals surface area contributed by atoms with Crippen molar-refractivity contribution >= 4 is 50.9 Å². The Morgan fingerprint density at radius 1 is 0.970 bits per heavy atom. The molecule has 9 heteroatoms. The molecule has 5 rings (SSSR count). The molecule has 3 aromatic carbocycles. The lowest BCUT2D eigenvalue weighted by Gasteiger charge is -2.13. The second-order valence-electron chi connectivity index (χ2n) is 7.69. The highest BCUT2D eigenvalue weighted by atomic mass is 16.6. The minimum atomic E-state index is -0.848. The van der Waals surface area contributed by atoms with Crippen molar-refractivity contribution in [1.82, 2.24) is 9.47 Å². The summed E-state index contributed by atoms with van der Waals surface area (Å²) in [5.41, 5.74) is 1.83. The van der Waals surface area contributed by atoms with Crippen LogP contribution in [0, 0.1) is 10.1 Å². The van der Waals surface area contributed by atoms with Crippen molar-refractivity contribution in [2.24, 2.45) is 0 Å². The number of hydrogen-bond acceptors (Lipinski definition) is 5. The third kappa shape index (κ3) is 3.13. The molecule has 0 saturated heterocycles. The number of aromatic nitrogens is 1. The van der Waals surface area contributed by atoms with Crippen LogP contribution in [0.25, 0.3) is 21.8 Å². The van der Waals surface area contributed by atoms with E-state index in [2.05, 4.69) is 16.8 Å². The maximum atomic E-state index is 12.7. The molecule has 0 fully saturated rings. The predicted octanol–water partition coefficient (Wildman–Crippen LogP) is 3.96. The van der Waals surface area contributed by atoms with Crippen LogP contribution in [0.5, 0.6) is 0 Å². The summed E-state index contributed by atoms with van der Waals surface area (Å²) in [6.07, 6.45) is 0. The summed E-state index contributed by atoms with van der Waals surface area (Å²) in [6, 6.07) is 17.4. The van der Waals surface area contributed by atoms with Crippen LogP contribution in [0.2, 0.25) is 0 Å². The Morgan fingerprint density at radius 3 is 2.48 bits per heavy atom. The van der Waals surface area contributed by atoms with Crippen molar-refractivity contribution in [3.05, 3.63) is 81.9 Å². The van der Waals surface area contributed by atoms with Crippen LogP contribution < -0.4 is 5.32 Å². The molecule has 0 spiro atoms. The Morgan fingerprint density at radius 2 is 1.73 bits per heavy atom. The molecule has 1 aliphatic rings. The summed E-state index contributed by atoms with van der Waals surface area (Å²) in [7, 11) is 0. The lowest BCUT2D eigenvalue weighted by atomic mass is 10.1. The Hall–Kier alpha value is -4.53. The summed E-state index contributed by atoms with van der Waals surface area (Å²) in [4.78, 5) is 49.3. The van der Waals surface area contributed by atoms with Crippen LogP contribution in [0.15, 0.2) is 60.7 Å². The fourth-order valence-electron chi connectivity index (χ4n) is 4.43. The minimum absolute atomic E-state index is 0.0733. The van der Waals surface area contributed by atoms with Gasteiger partial charge in [-0.1, -0.05) is 24.3 Å². The van der Waals surface area contributed by atoms with E-state index in [1.165, 1.54) is 12.1 Å². The fraction of sp³-hybridized carbons (Fsp3) is 0.125. The van der Waals surface area contributed by atoms with Crippen LogP contribution in [0.1, 0.15) is 27.6 Å². The van der Waals surface area contributed by atoms with Gasteiger partial charge in [0, 0.05) is 40.1 Å². The van der Waals surface area contributed by atoms with Crippen molar-refractivity contribution in [3.63, 3.8) is 0 Å². The lowest BCUT2D eigenvalue weighted by molar-refractivity contribution is -0.385. The molecule has 9 nitrogen and oxygen atoms in total. The van der Waals surface area contributed by atoms with Crippen LogP contribution in [-0.2, 0) is 11.3 Å². The number of nitrogens with one attached hydrogen (secondary N) is 1. The van der Waals surface area contributed by atoms with Gasteiger partial charge in [0.1, 0.15) is 12.1 Å². The lowest BCUT2D eigenvalue weighted by Crippen LogP contribution is -2.37. The number of aryl methyl sites for hydroxylation is 1. The van der Waals surface area contributed by atoms with Crippen molar-refractivity contribution in [3.8, 4) is 0 Å². The molecule has 2 heterocycles. The molecular weight excluding hydrogens is 424 g/mol. The van der Waals surface area contributed by atoms with Crippen molar-refractivity contribution in [2.75, 3.05) is 11.9 Å². The summed E-state index contributed by atoms with van der Waals surface area (Å²) >= 11 is 0. The molecule has 1 N–H and O–H groups in total. The number of carbonyl (C=O) groups is 3. The number of amides is 3. The Bertz CT molecular complexity index is 1500. The van der Waals surface area contributed by atoms with E-state index in [1.54, 1.807) is 6.07 Å². The molecule has 1 aromatic heterocycles. The number of hydrogen-bond donors (Lipinski definition) is 1. The Kier molecular flexibility index (Phi) is 4.67. The van der Waals surface area contributed by atoms with Gasteiger partial charge in [0.2, 0.25) is 5.91 Å². The molecule has 0 aliphatic carbocycles. The van der Waals surface area contributed by atoms with E-state index in [1.807, 2.05) is 36.4 Å². The zero-order valence-electron chi connectivity index (χ0n) is 17.6. The number of carbonyl (C=O) groups excluding carboxylic acids is 3. The van der Waals surface area contributed by atoms with Gasteiger partial charge in [0.25, 0.3) is 17.5 Å². The fourth-order valence-corrected chi connectivity index (χ4v) is 4.43. The van der Waals surface area contributed by atoms with Crippen LogP contribution in [0.4, 0.5) is 11.4 Å². The molecule has 1 aliphatic heterocycles. The van der Waals surface area contributed by atoms with E-state index in [9.17, 15) is 24.5 Å². The van der Waals surface area contributed by atoms with Gasteiger partial charge < -0.3 is 9.88 Å². The Labute approximate surface area is 187 Å². The van der Waals surface area contributed by atoms with E-state index in [0.717, 1.165) is 39.3 Å². The van der Waals surface area contributed by atoms with E-state index in [0.29, 0.717) is 5.69 Å². The van der Waals surface area contributed by atoms with Crippen LogP contribution in [0.3, 0.4) is 0 Å². The van der Waals surface area contributed by atoms with Gasteiger partial charge >= 0.3 is 0 Å². The normalized spacial score (nSPS) is 13.1. The molecule has 0 bridgehead atoms. The van der Waals surface area contributed by atoms with E-state index < -0.39 is 34.9 Å². The number of rotatable bonds is 5. The second-order valence-corrected chi connectivity index (χ2v) is 7.69. The first-order valence-corrected chi connectivity index (χ1v) is 10.3. The molecule has 3 amide bonds. The van der Waals surface area contributed by atoms with Crippen molar-refractivity contribution in [1.29, 1.82) is 0 Å². The largest absolute Gasteiger partial charge is 0.341 e. The zero-order valence-corrected chi connectivity index (χ0v) is 17.6. The average molecular weight is 442 g/mol. The number of para-hydroxylation sites is 1. The minimum Gasteiger partial charge on any atom is -0.341 e. The van der Waals surface area contributed by atoms with E-state index in [-0.39, 0.29) is 11.1 Å². The smallest absolute Gasteiger partial charge is 0.282 e. The summed E-state index contributed by atoms with van der Waals surface area (Å²) in [5.74, 6) is -2.15. The third-order valence-corrected chi connectivity index (χ3v) is 5.85. The van der Waals surface area contributed by atoms with Crippen LogP contribution >= 0.6 is 0 Å². The van der Waals surface area contributed by atoms with Gasteiger partial charge in [-0.15, -0.1) is 0 Å². The van der Waals surface area contributed by atoms with Gasteiger partial charge in [-0.2, -0.15) is 0 Å². The number of nitro benzene ring substituents is 1. The molecule has 0 radical (unpaired) electrons. The highest BCUT2D eigenvalue weighted by Gasteiger charge is 2.41. The van der Waals surface area contributed by atoms with Crippen LogP contribution in [-0.4, -0.2) is 38.7 Å². The number of fused-ring (bicyclic) bond motifs is 4. The quantitative estimate of drug-likeness (QED) is 0.285. The first-order valence-electron chi connectivity index (χ1n) is 10.3. The zero-order chi connectivity index (χ0) is 23.3. The van der Waals surface area contributed by atoms with Gasteiger partial charge in [-0.05, 0) is 37.3 Å². The topological polar surface area (TPSA) is 115 Å². The highest BCUT2D eigenvalue weighted by Crippen LogP contribution is 2.32.